The largest absolute Gasteiger partial charge is 0.314 e. The molecular weight excluding hydrogens is 170 g/mol. The first-order chi connectivity index (χ1) is 6.74. The average Bonchev–Trinajstić information content (AvgIpc) is 2.58. The molecule has 0 aromatic carbocycles. The van der Waals surface area contributed by atoms with Gasteiger partial charge in [-0.05, 0) is 24.8 Å². The van der Waals surface area contributed by atoms with Crippen LogP contribution in [0.15, 0.2) is 0 Å². The molecule has 1 heteroatoms. The first-order valence-corrected chi connectivity index (χ1v) is 6.47. The third kappa shape index (κ3) is 4.00. The summed E-state index contributed by atoms with van der Waals surface area (Å²) in [6.07, 6.45) is 8.70. The van der Waals surface area contributed by atoms with E-state index in [1.165, 1.54) is 45.1 Å². The van der Waals surface area contributed by atoms with Gasteiger partial charge in [-0.25, -0.2) is 0 Å². The number of unbranched alkanes of at least 4 members (excludes halogenated alkanes) is 1. The lowest BCUT2D eigenvalue weighted by molar-refractivity contribution is 0.331. The maximum Gasteiger partial charge on any atom is 0.00104 e. The maximum atomic E-state index is 3.59. The second-order valence-corrected chi connectivity index (χ2v) is 5.16. The van der Waals surface area contributed by atoms with E-state index in [1.54, 1.807) is 0 Å². The molecule has 84 valence electrons. The van der Waals surface area contributed by atoms with E-state index in [2.05, 4.69) is 26.1 Å². The first kappa shape index (κ1) is 12.0. The molecule has 1 N–H and O–H groups in total. The van der Waals surface area contributed by atoms with Crippen molar-refractivity contribution in [3.63, 3.8) is 0 Å². The highest BCUT2D eigenvalue weighted by molar-refractivity contribution is 4.79. The maximum absolute atomic E-state index is 3.59. The Morgan fingerprint density at radius 3 is 2.57 bits per heavy atom. The lowest BCUT2D eigenvalue weighted by Gasteiger charge is -2.21. The van der Waals surface area contributed by atoms with Crippen LogP contribution >= 0.6 is 0 Å². The summed E-state index contributed by atoms with van der Waals surface area (Å²) in [6, 6.07) is 0.655. The fraction of sp³-hybridized carbons (Fsp3) is 1.00. The van der Waals surface area contributed by atoms with Crippen molar-refractivity contribution in [1.29, 1.82) is 0 Å². The summed E-state index contributed by atoms with van der Waals surface area (Å²) in [4.78, 5) is 0. The Kier molecular flexibility index (Phi) is 5.54. The van der Waals surface area contributed by atoms with Crippen LogP contribution in [0.4, 0.5) is 0 Å². The van der Waals surface area contributed by atoms with E-state index in [0.29, 0.717) is 6.04 Å². The molecule has 0 bridgehead atoms. The van der Waals surface area contributed by atoms with Crippen LogP contribution < -0.4 is 5.32 Å². The van der Waals surface area contributed by atoms with Gasteiger partial charge in [0, 0.05) is 6.04 Å². The number of rotatable bonds is 6. The molecular formula is C13H27N. The topological polar surface area (TPSA) is 12.0 Å². The third-order valence-corrected chi connectivity index (χ3v) is 3.53. The molecule has 1 aliphatic rings. The van der Waals surface area contributed by atoms with Crippen LogP contribution in [0, 0.1) is 11.8 Å². The van der Waals surface area contributed by atoms with Crippen molar-refractivity contribution >= 4 is 0 Å². The first-order valence-electron chi connectivity index (χ1n) is 6.47. The highest BCUT2D eigenvalue weighted by Crippen LogP contribution is 2.34. The van der Waals surface area contributed by atoms with E-state index in [1.807, 2.05) is 0 Å². The Labute approximate surface area is 89.7 Å². The number of nitrogens with one attached hydrogen (secondary N) is 1. The standard InChI is InChI=1S/C13H27N/c1-4-5-7-12-8-6-9-13(12)10-14-11(2)3/h11-14H,4-10H2,1-3H3. The van der Waals surface area contributed by atoms with Gasteiger partial charge in [0.05, 0.1) is 0 Å². The summed E-state index contributed by atoms with van der Waals surface area (Å²) >= 11 is 0. The molecule has 1 saturated carbocycles. The number of hydrogen-bond acceptors (Lipinski definition) is 1. The van der Waals surface area contributed by atoms with Crippen molar-refractivity contribution in [3.05, 3.63) is 0 Å². The van der Waals surface area contributed by atoms with Crippen LogP contribution in [0.5, 0.6) is 0 Å². The molecule has 0 aromatic rings. The minimum Gasteiger partial charge on any atom is -0.314 e. The summed E-state index contributed by atoms with van der Waals surface area (Å²) in [5, 5.41) is 3.59. The van der Waals surface area contributed by atoms with Crippen LogP contribution in [0.1, 0.15) is 59.3 Å². The zero-order valence-electron chi connectivity index (χ0n) is 10.2. The molecule has 0 aliphatic heterocycles. The second-order valence-electron chi connectivity index (χ2n) is 5.16. The predicted molar refractivity (Wildman–Crippen MR) is 63.5 cm³/mol. The fourth-order valence-electron chi connectivity index (χ4n) is 2.62. The van der Waals surface area contributed by atoms with Crippen LogP contribution in [0.3, 0.4) is 0 Å². The summed E-state index contributed by atoms with van der Waals surface area (Å²) in [5.41, 5.74) is 0. The van der Waals surface area contributed by atoms with Crippen molar-refractivity contribution in [1.82, 2.24) is 5.32 Å². The lowest BCUT2D eigenvalue weighted by atomic mass is 9.91. The summed E-state index contributed by atoms with van der Waals surface area (Å²) < 4.78 is 0. The van der Waals surface area contributed by atoms with Gasteiger partial charge in [-0.15, -0.1) is 0 Å². The zero-order valence-corrected chi connectivity index (χ0v) is 10.2. The monoisotopic (exact) mass is 197 g/mol. The third-order valence-electron chi connectivity index (χ3n) is 3.53. The molecule has 0 spiro atoms. The van der Waals surface area contributed by atoms with E-state index >= 15 is 0 Å². The van der Waals surface area contributed by atoms with E-state index < -0.39 is 0 Å². The normalized spacial score (nSPS) is 27.4. The molecule has 1 nitrogen and oxygen atoms in total. The van der Waals surface area contributed by atoms with Crippen LogP contribution in [-0.4, -0.2) is 12.6 Å². The Balaban J connectivity index is 2.21. The molecule has 2 atom stereocenters. The van der Waals surface area contributed by atoms with Gasteiger partial charge in [0.15, 0.2) is 0 Å². The van der Waals surface area contributed by atoms with Crippen molar-refractivity contribution in [2.24, 2.45) is 11.8 Å². The van der Waals surface area contributed by atoms with Gasteiger partial charge in [0.25, 0.3) is 0 Å². The van der Waals surface area contributed by atoms with Gasteiger partial charge in [-0.2, -0.15) is 0 Å². The molecule has 0 heterocycles. The molecule has 2 unspecified atom stereocenters. The van der Waals surface area contributed by atoms with E-state index in [9.17, 15) is 0 Å². The molecule has 1 aliphatic carbocycles. The van der Waals surface area contributed by atoms with E-state index in [-0.39, 0.29) is 0 Å². The minimum absolute atomic E-state index is 0.655. The molecule has 0 aromatic heterocycles. The summed E-state index contributed by atoms with van der Waals surface area (Å²) in [7, 11) is 0. The van der Waals surface area contributed by atoms with Crippen molar-refractivity contribution < 1.29 is 0 Å². The molecule has 0 amide bonds. The van der Waals surface area contributed by atoms with Gasteiger partial charge < -0.3 is 5.32 Å². The number of hydrogen-bond donors (Lipinski definition) is 1. The molecule has 1 rings (SSSR count). The zero-order chi connectivity index (χ0) is 10.4. The lowest BCUT2D eigenvalue weighted by Crippen LogP contribution is -2.30. The van der Waals surface area contributed by atoms with Gasteiger partial charge >= 0.3 is 0 Å². The quantitative estimate of drug-likeness (QED) is 0.686. The van der Waals surface area contributed by atoms with Crippen molar-refractivity contribution in [2.75, 3.05) is 6.54 Å². The van der Waals surface area contributed by atoms with Crippen LogP contribution in [0.25, 0.3) is 0 Å². The Morgan fingerprint density at radius 2 is 1.93 bits per heavy atom. The van der Waals surface area contributed by atoms with Crippen LogP contribution in [-0.2, 0) is 0 Å². The van der Waals surface area contributed by atoms with Gasteiger partial charge in [-0.3, -0.25) is 0 Å². The molecule has 0 radical (unpaired) electrons. The van der Waals surface area contributed by atoms with E-state index in [4.69, 9.17) is 0 Å². The molecule has 14 heavy (non-hydrogen) atoms. The van der Waals surface area contributed by atoms with Gasteiger partial charge in [0.1, 0.15) is 0 Å². The fourth-order valence-corrected chi connectivity index (χ4v) is 2.62. The van der Waals surface area contributed by atoms with Gasteiger partial charge in [-0.1, -0.05) is 52.9 Å². The van der Waals surface area contributed by atoms with Gasteiger partial charge in [0.2, 0.25) is 0 Å². The van der Waals surface area contributed by atoms with Crippen molar-refractivity contribution in [3.8, 4) is 0 Å². The SMILES string of the molecule is CCCCC1CCCC1CNC(C)C. The summed E-state index contributed by atoms with van der Waals surface area (Å²) in [6.45, 7) is 8.05. The van der Waals surface area contributed by atoms with E-state index in [0.717, 1.165) is 11.8 Å². The average molecular weight is 197 g/mol. The minimum atomic E-state index is 0.655. The van der Waals surface area contributed by atoms with Crippen LogP contribution in [0.2, 0.25) is 0 Å². The molecule has 1 fully saturated rings. The second kappa shape index (κ2) is 6.44. The summed E-state index contributed by atoms with van der Waals surface area (Å²) in [5.74, 6) is 2.00. The Bertz CT molecular complexity index is 142. The Hall–Kier alpha value is -0.0400. The highest BCUT2D eigenvalue weighted by atomic mass is 14.9. The highest BCUT2D eigenvalue weighted by Gasteiger charge is 2.26. The smallest absolute Gasteiger partial charge is 0.00104 e. The Morgan fingerprint density at radius 1 is 1.21 bits per heavy atom. The van der Waals surface area contributed by atoms with Crippen molar-refractivity contribution in [2.45, 2.75) is 65.3 Å². The predicted octanol–water partition coefficient (Wildman–Crippen LogP) is 3.59. The molecule has 0 saturated heterocycles.